The zero-order chi connectivity index (χ0) is 14.0. The molecule has 0 spiro atoms. The van der Waals surface area contributed by atoms with Gasteiger partial charge in [0.1, 0.15) is 0 Å². The van der Waals surface area contributed by atoms with E-state index in [9.17, 15) is 0 Å². The quantitative estimate of drug-likeness (QED) is 0.914. The van der Waals surface area contributed by atoms with Gasteiger partial charge in [0.15, 0.2) is 5.13 Å². The van der Waals surface area contributed by atoms with E-state index in [1.165, 1.54) is 28.5 Å². The lowest BCUT2D eigenvalue weighted by atomic mass is 9.83. The zero-order valence-electron chi connectivity index (χ0n) is 12.9. The first-order valence-electron chi connectivity index (χ1n) is 7.32. The van der Waals surface area contributed by atoms with Crippen molar-refractivity contribution in [2.24, 2.45) is 5.41 Å². The third-order valence-corrected chi connectivity index (χ3v) is 5.16. The fourth-order valence-corrected chi connectivity index (χ4v) is 3.38. The molecule has 1 aliphatic rings. The lowest BCUT2D eigenvalue weighted by molar-refractivity contribution is 0.279. The van der Waals surface area contributed by atoms with E-state index in [2.05, 4.69) is 44.8 Å². The van der Waals surface area contributed by atoms with Gasteiger partial charge in [0.2, 0.25) is 0 Å². The maximum absolute atomic E-state index is 4.76. The molecule has 0 amide bonds. The summed E-state index contributed by atoms with van der Waals surface area (Å²) < 4.78 is 0. The highest BCUT2D eigenvalue weighted by Gasteiger charge is 2.27. The summed E-state index contributed by atoms with van der Waals surface area (Å²) in [6, 6.07) is 0.528. The summed E-state index contributed by atoms with van der Waals surface area (Å²) in [4.78, 5) is 8.61. The smallest absolute Gasteiger partial charge is 0.185 e. The van der Waals surface area contributed by atoms with Crippen molar-refractivity contribution in [3.8, 4) is 0 Å². The lowest BCUT2D eigenvalue weighted by Gasteiger charge is -2.36. The molecule has 3 nitrogen and oxygen atoms in total. The van der Waals surface area contributed by atoms with Crippen molar-refractivity contribution in [3.05, 3.63) is 10.6 Å². The van der Waals surface area contributed by atoms with Gasteiger partial charge in [-0.15, -0.1) is 11.3 Å². The van der Waals surface area contributed by atoms with Crippen molar-refractivity contribution in [1.29, 1.82) is 0 Å². The summed E-state index contributed by atoms with van der Waals surface area (Å²) in [5, 5.41) is 4.70. The van der Waals surface area contributed by atoms with Crippen molar-refractivity contribution in [1.82, 2.24) is 10.3 Å². The molecule has 0 radical (unpaired) electrons. The van der Waals surface area contributed by atoms with E-state index in [1.54, 1.807) is 0 Å². The summed E-state index contributed by atoms with van der Waals surface area (Å²) in [5.74, 6) is 0. The van der Waals surface area contributed by atoms with Crippen LogP contribution in [0.1, 0.15) is 51.1 Å². The monoisotopic (exact) mass is 281 g/mol. The van der Waals surface area contributed by atoms with Crippen LogP contribution in [0.3, 0.4) is 0 Å². The molecule has 2 rings (SSSR count). The Kier molecular flexibility index (Phi) is 4.51. The highest BCUT2D eigenvalue weighted by Crippen LogP contribution is 2.34. The third kappa shape index (κ3) is 3.93. The number of aryl methyl sites for hydroxylation is 1. The molecule has 2 heterocycles. The number of anilines is 1. The van der Waals surface area contributed by atoms with Gasteiger partial charge < -0.3 is 10.2 Å². The van der Waals surface area contributed by atoms with E-state index in [0.29, 0.717) is 11.5 Å². The molecule has 0 atom stereocenters. The van der Waals surface area contributed by atoms with Crippen molar-refractivity contribution in [2.45, 2.75) is 60.0 Å². The SMILES string of the molecule is Cc1nc(N2CCC(C)(C)CC2)sc1CNC(C)C. The summed E-state index contributed by atoms with van der Waals surface area (Å²) in [6.45, 7) is 14.5. The fraction of sp³-hybridized carbons (Fsp3) is 0.800. The van der Waals surface area contributed by atoms with E-state index in [-0.39, 0.29) is 0 Å². The van der Waals surface area contributed by atoms with Crippen LogP contribution in [0.25, 0.3) is 0 Å². The number of nitrogens with one attached hydrogen (secondary N) is 1. The van der Waals surface area contributed by atoms with Crippen molar-refractivity contribution in [3.63, 3.8) is 0 Å². The van der Waals surface area contributed by atoms with Crippen LogP contribution in [-0.2, 0) is 6.54 Å². The number of hydrogen-bond donors (Lipinski definition) is 1. The molecule has 108 valence electrons. The molecule has 4 heteroatoms. The van der Waals surface area contributed by atoms with E-state index in [0.717, 1.165) is 19.6 Å². The second-order valence-electron chi connectivity index (χ2n) is 6.69. The Bertz CT molecular complexity index is 413. The average molecular weight is 281 g/mol. The fourth-order valence-electron chi connectivity index (χ4n) is 2.31. The van der Waals surface area contributed by atoms with Gasteiger partial charge in [0, 0.05) is 30.6 Å². The van der Waals surface area contributed by atoms with E-state index in [4.69, 9.17) is 4.98 Å². The molecular weight excluding hydrogens is 254 g/mol. The number of thiazole rings is 1. The largest absolute Gasteiger partial charge is 0.348 e. The summed E-state index contributed by atoms with van der Waals surface area (Å²) in [7, 11) is 0. The van der Waals surface area contributed by atoms with Gasteiger partial charge in [-0.25, -0.2) is 4.98 Å². The minimum Gasteiger partial charge on any atom is -0.348 e. The first-order valence-corrected chi connectivity index (χ1v) is 8.14. The molecular formula is C15H27N3S. The molecule has 0 unspecified atom stereocenters. The van der Waals surface area contributed by atoms with Gasteiger partial charge in [-0.2, -0.15) is 0 Å². The molecule has 19 heavy (non-hydrogen) atoms. The van der Waals surface area contributed by atoms with Crippen LogP contribution in [-0.4, -0.2) is 24.1 Å². The second kappa shape index (κ2) is 5.80. The molecule has 0 aromatic carbocycles. The highest BCUT2D eigenvalue weighted by molar-refractivity contribution is 7.15. The Labute approximate surface area is 121 Å². The molecule has 0 aliphatic carbocycles. The van der Waals surface area contributed by atoms with Gasteiger partial charge in [-0.3, -0.25) is 0 Å². The summed E-state index contributed by atoms with van der Waals surface area (Å²) in [5.41, 5.74) is 1.70. The number of aromatic nitrogens is 1. The van der Waals surface area contributed by atoms with Crippen molar-refractivity contribution >= 4 is 16.5 Å². The summed E-state index contributed by atoms with van der Waals surface area (Å²) in [6.07, 6.45) is 2.54. The lowest BCUT2D eigenvalue weighted by Crippen LogP contribution is -2.37. The Morgan fingerprint density at radius 3 is 2.53 bits per heavy atom. The van der Waals surface area contributed by atoms with Crippen LogP contribution in [0, 0.1) is 12.3 Å². The number of nitrogens with zero attached hydrogens (tertiary/aromatic N) is 2. The maximum Gasteiger partial charge on any atom is 0.185 e. The van der Waals surface area contributed by atoms with Crippen molar-refractivity contribution in [2.75, 3.05) is 18.0 Å². The Balaban J connectivity index is 2.00. The zero-order valence-corrected chi connectivity index (χ0v) is 13.7. The summed E-state index contributed by atoms with van der Waals surface area (Å²) >= 11 is 1.86. The standard InChI is InChI=1S/C15H27N3S/c1-11(2)16-10-13-12(3)17-14(19-13)18-8-6-15(4,5)7-9-18/h11,16H,6-10H2,1-5H3. The second-order valence-corrected chi connectivity index (χ2v) is 7.75. The normalized spacial score (nSPS) is 19.2. The van der Waals surface area contributed by atoms with E-state index in [1.807, 2.05) is 11.3 Å². The van der Waals surface area contributed by atoms with Crippen LogP contribution in [0.15, 0.2) is 0 Å². The Morgan fingerprint density at radius 2 is 1.95 bits per heavy atom. The van der Waals surface area contributed by atoms with Crippen LogP contribution in [0.4, 0.5) is 5.13 Å². The third-order valence-electron chi connectivity index (χ3n) is 3.94. The molecule has 1 saturated heterocycles. The molecule has 1 fully saturated rings. The van der Waals surface area contributed by atoms with Crippen LogP contribution < -0.4 is 10.2 Å². The van der Waals surface area contributed by atoms with Gasteiger partial charge in [0.05, 0.1) is 5.69 Å². The topological polar surface area (TPSA) is 28.2 Å². The first-order chi connectivity index (χ1) is 8.87. The predicted octanol–water partition coefficient (Wildman–Crippen LogP) is 3.58. The predicted molar refractivity (Wildman–Crippen MR) is 84.1 cm³/mol. The molecule has 1 aromatic heterocycles. The first kappa shape index (κ1) is 14.8. The van der Waals surface area contributed by atoms with Gasteiger partial charge in [0.25, 0.3) is 0 Å². The highest BCUT2D eigenvalue weighted by atomic mass is 32.1. The van der Waals surface area contributed by atoms with Crippen LogP contribution >= 0.6 is 11.3 Å². The minimum absolute atomic E-state index is 0.505. The Morgan fingerprint density at radius 1 is 1.32 bits per heavy atom. The van der Waals surface area contributed by atoms with E-state index < -0.39 is 0 Å². The van der Waals surface area contributed by atoms with Gasteiger partial charge in [-0.05, 0) is 25.2 Å². The maximum atomic E-state index is 4.76. The number of piperidine rings is 1. The molecule has 1 N–H and O–H groups in total. The Hall–Kier alpha value is -0.610. The molecule has 1 aromatic rings. The van der Waals surface area contributed by atoms with Crippen LogP contribution in [0.2, 0.25) is 0 Å². The molecule has 0 saturated carbocycles. The molecule has 0 bridgehead atoms. The van der Waals surface area contributed by atoms with Gasteiger partial charge in [-0.1, -0.05) is 27.7 Å². The molecule has 1 aliphatic heterocycles. The average Bonchev–Trinajstić information content (AvgIpc) is 2.68. The van der Waals surface area contributed by atoms with Gasteiger partial charge >= 0.3 is 0 Å². The number of rotatable bonds is 4. The van der Waals surface area contributed by atoms with Crippen molar-refractivity contribution < 1.29 is 0 Å². The van der Waals surface area contributed by atoms with E-state index >= 15 is 0 Å². The number of hydrogen-bond acceptors (Lipinski definition) is 4. The van der Waals surface area contributed by atoms with Crippen LogP contribution in [0.5, 0.6) is 0 Å². The minimum atomic E-state index is 0.505.